The molecule has 2 aliphatic carbocycles. The molecule has 0 fully saturated rings. The first-order valence-corrected chi connectivity index (χ1v) is 23.3. The zero-order valence-electron chi connectivity index (χ0n) is 36.9. The first-order valence-electron chi connectivity index (χ1n) is 23.3. The van der Waals surface area contributed by atoms with Crippen LogP contribution >= 0.6 is 0 Å². The van der Waals surface area contributed by atoms with Gasteiger partial charge in [-0.1, -0.05) is 194 Å². The quantitative estimate of drug-likeness (QED) is 0.167. The van der Waals surface area contributed by atoms with Crippen molar-refractivity contribution in [3.8, 4) is 89.5 Å². The summed E-state index contributed by atoms with van der Waals surface area (Å²) in [6.07, 6.45) is 0. The predicted molar refractivity (Wildman–Crippen MR) is 278 cm³/mol. The Bertz CT molecular complexity index is 3910. The van der Waals surface area contributed by atoms with E-state index in [1.54, 1.807) is 0 Å². The average molecular weight is 865 g/mol. The molecule has 10 aromatic carbocycles. The molecule has 14 rings (SSSR count). The van der Waals surface area contributed by atoms with Gasteiger partial charge in [-0.25, -0.2) is 9.97 Å². The minimum absolute atomic E-state index is 0.541. The fourth-order valence-electron chi connectivity index (χ4n) is 11.3. The predicted octanol–water partition coefficient (Wildman–Crippen LogP) is 16.7. The van der Waals surface area contributed by atoms with Crippen LogP contribution in [-0.2, 0) is 5.41 Å². The SMILES string of the molecule is c1ccc(-c2cccc(-c3cc(-c4ccc5oc6ccccc6c5c4)cc(-c4cc(-c5cccc6c5C5(c7ccccc7-c7ccccc75)c5ccccc5-6)nc(-c5ccccc5)n4)c3)c2)cc1. The van der Waals surface area contributed by atoms with Crippen molar-refractivity contribution in [2.24, 2.45) is 0 Å². The highest BCUT2D eigenvalue weighted by Crippen LogP contribution is 2.64. The highest BCUT2D eigenvalue weighted by atomic mass is 16.3. The summed E-state index contributed by atoms with van der Waals surface area (Å²) >= 11 is 0. The van der Waals surface area contributed by atoms with Gasteiger partial charge in [-0.3, -0.25) is 0 Å². The molecular formula is C65H40N2O. The molecule has 2 aliphatic rings. The van der Waals surface area contributed by atoms with Crippen LogP contribution in [0.3, 0.4) is 0 Å². The lowest BCUT2D eigenvalue weighted by atomic mass is 9.69. The van der Waals surface area contributed by atoms with E-state index >= 15 is 0 Å². The van der Waals surface area contributed by atoms with Crippen LogP contribution in [0.1, 0.15) is 22.3 Å². The highest BCUT2D eigenvalue weighted by molar-refractivity contribution is 6.06. The van der Waals surface area contributed by atoms with Crippen molar-refractivity contribution in [1.82, 2.24) is 9.97 Å². The minimum atomic E-state index is -0.541. The second-order valence-corrected chi connectivity index (χ2v) is 18.0. The number of para-hydroxylation sites is 1. The van der Waals surface area contributed by atoms with Crippen molar-refractivity contribution < 1.29 is 4.42 Å². The van der Waals surface area contributed by atoms with E-state index in [1.807, 2.05) is 18.2 Å². The fourth-order valence-corrected chi connectivity index (χ4v) is 11.3. The van der Waals surface area contributed by atoms with Crippen molar-refractivity contribution in [3.05, 3.63) is 265 Å². The number of aromatic nitrogens is 2. The molecule has 1 spiro atoms. The second-order valence-electron chi connectivity index (χ2n) is 18.0. The number of rotatable bonds is 6. The van der Waals surface area contributed by atoms with E-state index in [2.05, 4.69) is 224 Å². The molecule has 12 aromatic rings. The molecule has 2 aromatic heterocycles. The number of hydrogen-bond acceptors (Lipinski definition) is 3. The molecule has 0 aliphatic heterocycles. The third kappa shape index (κ3) is 5.79. The summed E-state index contributed by atoms with van der Waals surface area (Å²) in [7, 11) is 0. The van der Waals surface area contributed by atoms with Crippen molar-refractivity contribution >= 4 is 21.9 Å². The third-order valence-electron chi connectivity index (χ3n) is 14.3. The summed E-state index contributed by atoms with van der Waals surface area (Å²) in [5.74, 6) is 0.678. The van der Waals surface area contributed by atoms with Gasteiger partial charge in [0.2, 0.25) is 0 Å². The van der Waals surface area contributed by atoms with Crippen LogP contribution in [0.2, 0.25) is 0 Å². The van der Waals surface area contributed by atoms with E-state index in [9.17, 15) is 0 Å². The van der Waals surface area contributed by atoms with Gasteiger partial charge in [-0.05, 0) is 126 Å². The molecule has 0 saturated carbocycles. The van der Waals surface area contributed by atoms with Crippen LogP contribution in [0, 0.1) is 0 Å². The first kappa shape index (κ1) is 38.4. The van der Waals surface area contributed by atoms with Crippen molar-refractivity contribution in [1.29, 1.82) is 0 Å². The molecule has 0 N–H and O–H groups in total. The molecule has 2 heterocycles. The molecule has 0 atom stereocenters. The van der Waals surface area contributed by atoms with Gasteiger partial charge in [-0.15, -0.1) is 0 Å². The summed E-state index contributed by atoms with van der Waals surface area (Å²) in [6, 6.07) is 87.6. The normalized spacial score (nSPS) is 12.8. The van der Waals surface area contributed by atoms with E-state index in [-0.39, 0.29) is 0 Å². The number of hydrogen-bond donors (Lipinski definition) is 0. The van der Waals surface area contributed by atoms with Gasteiger partial charge >= 0.3 is 0 Å². The maximum Gasteiger partial charge on any atom is 0.160 e. The van der Waals surface area contributed by atoms with Crippen LogP contribution < -0.4 is 0 Å². The van der Waals surface area contributed by atoms with Gasteiger partial charge in [0.05, 0.1) is 16.8 Å². The Balaban J connectivity index is 1.03. The fraction of sp³-hybridized carbons (Fsp3) is 0.0154. The Morgan fingerprint density at radius 1 is 0.279 bits per heavy atom. The van der Waals surface area contributed by atoms with Gasteiger partial charge in [0.1, 0.15) is 11.2 Å². The lowest BCUT2D eigenvalue weighted by Crippen LogP contribution is -2.26. The lowest BCUT2D eigenvalue weighted by Gasteiger charge is -2.32. The van der Waals surface area contributed by atoms with Crippen LogP contribution in [0.5, 0.6) is 0 Å². The molecule has 0 unspecified atom stereocenters. The van der Waals surface area contributed by atoms with Crippen LogP contribution in [0.15, 0.2) is 247 Å². The number of furan rings is 1. The smallest absolute Gasteiger partial charge is 0.160 e. The Hall–Kier alpha value is -8.92. The van der Waals surface area contributed by atoms with Gasteiger partial charge in [0.15, 0.2) is 5.82 Å². The number of benzene rings is 10. The van der Waals surface area contributed by atoms with Gasteiger partial charge in [-0.2, -0.15) is 0 Å². The van der Waals surface area contributed by atoms with E-state index in [0.29, 0.717) is 5.82 Å². The molecular weight excluding hydrogens is 825 g/mol. The maximum absolute atomic E-state index is 6.30. The van der Waals surface area contributed by atoms with Crippen molar-refractivity contribution in [2.45, 2.75) is 5.41 Å². The van der Waals surface area contributed by atoms with Crippen LogP contribution in [0.4, 0.5) is 0 Å². The molecule has 0 bridgehead atoms. The average Bonchev–Trinajstić information content (AvgIpc) is 4.05. The first-order chi connectivity index (χ1) is 33.7. The Morgan fingerprint density at radius 2 is 0.750 bits per heavy atom. The van der Waals surface area contributed by atoms with E-state index in [1.165, 1.54) is 55.6 Å². The zero-order chi connectivity index (χ0) is 44.8. The molecule has 0 amide bonds. The lowest BCUT2D eigenvalue weighted by molar-refractivity contribution is 0.669. The van der Waals surface area contributed by atoms with E-state index in [0.717, 1.165) is 72.3 Å². The second kappa shape index (κ2) is 15.1. The summed E-state index contributed by atoms with van der Waals surface area (Å²) in [5, 5.41) is 2.20. The summed E-state index contributed by atoms with van der Waals surface area (Å²) < 4.78 is 6.30. The van der Waals surface area contributed by atoms with Crippen molar-refractivity contribution in [2.75, 3.05) is 0 Å². The standard InChI is InChI=1S/C65H40N2O/c1-3-17-41(18-4-1)43-21-15-22-44(35-43)46-36-47(45-33-34-62-55(39-45)52-26-10-14-32-61(52)68-62)38-48(37-46)59-40-60(67-64(66-59)42-19-5-2-6-20-42)54-28-16-27-53-51-25-9-13-31-58(51)65(63(53)54)56-29-11-7-23-49(56)50-24-8-12-30-57(50)65/h1-40H. The third-order valence-corrected chi connectivity index (χ3v) is 14.3. The van der Waals surface area contributed by atoms with E-state index < -0.39 is 5.41 Å². The minimum Gasteiger partial charge on any atom is -0.456 e. The summed E-state index contributed by atoms with van der Waals surface area (Å²) in [4.78, 5) is 11.0. The van der Waals surface area contributed by atoms with Crippen LogP contribution in [-0.4, -0.2) is 9.97 Å². The van der Waals surface area contributed by atoms with Crippen molar-refractivity contribution in [3.63, 3.8) is 0 Å². The van der Waals surface area contributed by atoms with Gasteiger partial charge in [0.25, 0.3) is 0 Å². The van der Waals surface area contributed by atoms with Crippen LogP contribution in [0.25, 0.3) is 111 Å². The zero-order valence-corrected chi connectivity index (χ0v) is 36.9. The largest absolute Gasteiger partial charge is 0.456 e. The highest BCUT2D eigenvalue weighted by Gasteiger charge is 2.52. The molecule has 0 saturated heterocycles. The molecule has 0 radical (unpaired) electrons. The van der Waals surface area contributed by atoms with E-state index in [4.69, 9.17) is 14.4 Å². The summed E-state index contributed by atoms with van der Waals surface area (Å²) in [6.45, 7) is 0. The van der Waals surface area contributed by atoms with Gasteiger partial charge < -0.3 is 4.42 Å². The molecule has 316 valence electrons. The Morgan fingerprint density at radius 3 is 1.46 bits per heavy atom. The molecule has 3 nitrogen and oxygen atoms in total. The molecule has 3 heteroatoms. The monoisotopic (exact) mass is 864 g/mol. The maximum atomic E-state index is 6.30. The molecule has 68 heavy (non-hydrogen) atoms. The number of fused-ring (bicyclic) bond motifs is 13. The summed E-state index contributed by atoms with van der Waals surface area (Å²) in [5.41, 5.74) is 23.0. The topological polar surface area (TPSA) is 38.9 Å². The Labute approximate surface area is 394 Å². The number of nitrogens with zero attached hydrogens (tertiary/aromatic N) is 2. The van der Waals surface area contributed by atoms with Gasteiger partial charge in [0, 0.05) is 27.5 Å². The Kier molecular flexibility index (Phi) is 8.50.